The molecule has 114 valence electrons. The Morgan fingerprint density at radius 1 is 1.41 bits per heavy atom. The third-order valence-corrected chi connectivity index (χ3v) is 3.61. The molecular weight excluding hydrogens is 300 g/mol. The van der Waals surface area contributed by atoms with Crippen molar-refractivity contribution < 1.29 is 4.79 Å². The van der Waals surface area contributed by atoms with Crippen LogP contribution in [0.4, 0.5) is 0 Å². The standard InChI is InChI=1S/C16H17ClN4O/c1-20-8-7-15(19-20)12-21(16(22)10-17)9-6-13-4-2-3-5-14(13)11-18/h2-5,7-8H,6,9-10,12H2,1H3. The topological polar surface area (TPSA) is 61.9 Å². The van der Waals surface area contributed by atoms with Crippen molar-refractivity contribution in [2.45, 2.75) is 13.0 Å². The van der Waals surface area contributed by atoms with Gasteiger partial charge in [0.15, 0.2) is 0 Å². The molecule has 6 heteroatoms. The molecule has 0 saturated carbocycles. The second kappa shape index (κ2) is 7.62. The molecule has 0 N–H and O–H groups in total. The van der Waals surface area contributed by atoms with Crippen molar-refractivity contribution in [1.29, 1.82) is 5.26 Å². The van der Waals surface area contributed by atoms with Gasteiger partial charge in [0.1, 0.15) is 5.88 Å². The number of aromatic nitrogens is 2. The SMILES string of the molecule is Cn1ccc(CN(CCc2ccccc2C#N)C(=O)CCl)n1. The summed E-state index contributed by atoms with van der Waals surface area (Å²) in [6.45, 7) is 0.919. The molecule has 1 amide bonds. The normalized spacial score (nSPS) is 10.2. The van der Waals surface area contributed by atoms with Gasteiger partial charge in [0.2, 0.25) is 5.91 Å². The Bertz CT molecular complexity index is 689. The molecule has 2 rings (SSSR count). The number of benzene rings is 1. The van der Waals surface area contributed by atoms with Gasteiger partial charge in [-0.15, -0.1) is 11.6 Å². The molecule has 2 aromatic rings. The third kappa shape index (κ3) is 4.09. The average Bonchev–Trinajstić information content (AvgIpc) is 2.96. The number of carbonyl (C=O) groups excluding carboxylic acids is 1. The predicted octanol–water partition coefficient (Wildman–Crippen LogP) is 2.10. The summed E-state index contributed by atoms with van der Waals surface area (Å²) in [7, 11) is 1.83. The highest BCUT2D eigenvalue weighted by Crippen LogP contribution is 2.11. The van der Waals surface area contributed by atoms with E-state index in [1.165, 1.54) is 0 Å². The minimum Gasteiger partial charge on any atom is -0.335 e. The zero-order valence-electron chi connectivity index (χ0n) is 12.4. The number of rotatable bonds is 6. The van der Waals surface area contributed by atoms with Crippen molar-refractivity contribution >= 4 is 17.5 Å². The quantitative estimate of drug-likeness (QED) is 0.767. The van der Waals surface area contributed by atoms with Crippen molar-refractivity contribution in [2.75, 3.05) is 12.4 Å². The lowest BCUT2D eigenvalue weighted by Gasteiger charge is -2.21. The number of carbonyl (C=O) groups is 1. The van der Waals surface area contributed by atoms with Crippen LogP contribution in [-0.2, 0) is 24.8 Å². The minimum absolute atomic E-state index is 0.0628. The van der Waals surface area contributed by atoms with Crippen LogP contribution < -0.4 is 0 Å². The number of nitrogens with zero attached hydrogens (tertiary/aromatic N) is 4. The van der Waals surface area contributed by atoms with Crippen LogP contribution in [0.2, 0.25) is 0 Å². The Kier molecular flexibility index (Phi) is 5.56. The highest BCUT2D eigenvalue weighted by molar-refractivity contribution is 6.27. The molecule has 0 aliphatic heterocycles. The molecule has 1 aromatic heterocycles. The Balaban J connectivity index is 2.07. The number of nitriles is 1. The molecule has 0 aliphatic carbocycles. The van der Waals surface area contributed by atoms with Crippen LogP contribution in [0, 0.1) is 11.3 Å². The largest absolute Gasteiger partial charge is 0.335 e. The zero-order valence-corrected chi connectivity index (χ0v) is 13.1. The second-order valence-electron chi connectivity index (χ2n) is 4.95. The van der Waals surface area contributed by atoms with E-state index in [1.54, 1.807) is 15.6 Å². The number of hydrogen-bond acceptors (Lipinski definition) is 3. The monoisotopic (exact) mass is 316 g/mol. The van der Waals surface area contributed by atoms with Gasteiger partial charge in [-0.1, -0.05) is 18.2 Å². The molecule has 0 saturated heterocycles. The van der Waals surface area contributed by atoms with E-state index >= 15 is 0 Å². The lowest BCUT2D eigenvalue weighted by Crippen LogP contribution is -2.33. The predicted molar refractivity (Wildman–Crippen MR) is 84.2 cm³/mol. The molecular formula is C16H17ClN4O. The van der Waals surface area contributed by atoms with Crippen LogP contribution in [-0.4, -0.2) is 33.0 Å². The maximum Gasteiger partial charge on any atom is 0.237 e. The van der Waals surface area contributed by atoms with Gasteiger partial charge in [-0.25, -0.2) is 0 Å². The summed E-state index contributed by atoms with van der Waals surface area (Å²) >= 11 is 5.69. The Labute approximate surface area is 134 Å². The average molecular weight is 317 g/mol. The summed E-state index contributed by atoms with van der Waals surface area (Å²) in [5.74, 6) is -0.200. The lowest BCUT2D eigenvalue weighted by atomic mass is 10.1. The van der Waals surface area contributed by atoms with Crippen molar-refractivity contribution in [3.8, 4) is 6.07 Å². The summed E-state index contributed by atoms with van der Waals surface area (Å²) in [5, 5.41) is 13.4. The van der Waals surface area contributed by atoms with Gasteiger partial charge in [-0.2, -0.15) is 10.4 Å². The zero-order chi connectivity index (χ0) is 15.9. The first-order chi connectivity index (χ1) is 10.6. The second-order valence-corrected chi connectivity index (χ2v) is 5.22. The van der Waals surface area contributed by atoms with Gasteiger partial charge in [0, 0.05) is 19.8 Å². The number of hydrogen-bond donors (Lipinski definition) is 0. The highest BCUT2D eigenvalue weighted by atomic mass is 35.5. The molecule has 0 fully saturated rings. The fourth-order valence-corrected chi connectivity index (χ4v) is 2.39. The molecule has 0 aliphatic rings. The van der Waals surface area contributed by atoms with Crippen LogP contribution in [0.5, 0.6) is 0 Å². The van der Waals surface area contributed by atoms with E-state index in [9.17, 15) is 4.79 Å². The van der Waals surface area contributed by atoms with E-state index in [-0.39, 0.29) is 11.8 Å². The van der Waals surface area contributed by atoms with E-state index in [2.05, 4.69) is 11.2 Å². The summed E-state index contributed by atoms with van der Waals surface area (Å²) < 4.78 is 1.70. The Morgan fingerprint density at radius 3 is 2.82 bits per heavy atom. The maximum atomic E-state index is 12.0. The van der Waals surface area contributed by atoms with Gasteiger partial charge in [0.05, 0.1) is 23.9 Å². The van der Waals surface area contributed by atoms with Gasteiger partial charge in [-0.3, -0.25) is 9.48 Å². The van der Waals surface area contributed by atoms with Crippen LogP contribution in [0.25, 0.3) is 0 Å². The van der Waals surface area contributed by atoms with Gasteiger partial charge >= 0.3 is 0 Å². The smallest absolute Gasteiger partial charge is 0.237 e. The number of amides is 1. The maximum absolute atomic E-state index is 12.0. The van der Waals surface area contributed by atoms with Crippen molar-refractivity contribution in [3.63, 3.8) is 0 Å². The number of aryl methyl sites for hydroxylation is 1. The molecule has 0 atom stereocenters. The van der Waals surface area contributed by atoms with Gasteiger partial charge in [0.25, 0.3) is 0 Å². The highest BCUT2D eigenvalue weighted by Gasteiger charge is 2.15. The first kappa shape index (κ1) is 16.1. The molecule has 1 aromatic carbocycles. The Morgan fingerprint density at radius 2 is 2.18 bits per heavy atom. The molecule has 1 heterocycles. The lowest BCUT2D eigenvalue weighted by molar-refractivity contribution is -0.129. The fraction of sp³-hybridized carbons (Fsp3) is 0.312. The third-order valence-electron chi connectivity index (χ3n) is 3.38. The van der Waals surface area contributed by atoms with E-state index in [0.717, 1.165) is 11.3 Å². The Hall–Kier alpha value is -2.32. The number of halogens is 1. The van der Waals surface area contributed by atoms with Crippen molar-refractivity contribution in [3.05, 3.63) is 53.3 Å². The first-order valence-corrected chi connectivity index (χ1v) is 7.47. The van der Waals surface area contributed by atoms with Gasteiger partial charge in [-0.05, 0) is 24.1 Å². The summed E-state index contributed by atoms with van der Waals surface area (Å²) in [5.41, 5.74) is 2.38. The molecule has 0 radical (unpaired) electrons. The van der Waals surface area contributed by atoms with E-state index in [4.69, 9.17) is 16.9 Å². The number of alkyl halides is 1. The van der Waals surface area contributed by atoms with E-state index < -0.39 is 0 Å². The minimum atomic E-state index is -0.137. The first-order valence-electron chi connectivity index (χ1n) is 6.94. The van der Waals surface area contributed by atoms with Crippen molar-refractivity contribution in [1.82, 2.24) is 14.7 Å². The molecule has 5 nitrogen and oxygen atoms in total. The van der Waals surface area contributed by atoms with Crippen LogP contribution >= 0.6 is 11.6 Å². The van der Waals surface area contributed by atoms with E-state index in [1.807, 2.05) is 37.5 Å². The van der Waals surface area contributed by atoms with Crippen LogP contribution in [0.3, 0.4) is 0 Å². The molecule has 22 heavy (non-hydrogen) atoms. The summed E-state index contributed by atoms with van der Waals surface area (Å²) in [6, 6.07) is 11.5. The summed E-state index contributed by atoms with van der Waals surface area (Å²) in [6.07, 6.45) is 2.45. The molecule has 0 bridgehead atoms. The van der Waals surface area contributed by atoms with Crippen LogP contribution in [0.1, 0.15) is 16.8 Å². The van der Waals surface area contributed by atoms with E-state index in [0.29, 0.717) is 25.1 Å². The van der Waals surface area contributed by atoms with Crippen LogP contribution in [0.15, 0.2) is 36.5 Å². The van der Waals surface area contributed by atoms with Gasteiger partial charge < -0.3 is 4.90 Å². The molecule has 0 spiro atoms. The van der Waals surface area contributed by atoms with Crippen molar-refractivity contribution in [2.24, 2.45) is 7.05 Å². The summed E-state index contributed by atoms with van der Waals surface area (Å²) in [4.78, 5) is 13.7. The molecule has 0 unspecified atom stereocenters. The fourth-order valence-electron chi connectivity index (χ4n) is 2.22.